The molecular weight excluding hydrogens is 454 g/mol. The van der Waals surface area contributed by atoms with Gasteiger partial charge in [-0.15, -0.1) is 11.8 Å². The van der Waals surface area contributed by atoms with Crippen molar-refractivity contribution < 1.29 is 14.7 Å². The average Bonchev–Trinajstić information content (AvgIpc) is 2.85. The number of nitrogens with zero attached hydrogens (tertiary/aromatic N) is 1. The third kappa shape index (κ3) is 12.3. The zero-order chi connectivity index (χ0) is 26.6. The number of esters is 1. The average molecular weight is 502 g/mol. The number of allylic oxidation sites excluding steroid dienone is 3. The van der Waals surface area contributed by atoms with Gasteiger partial charge in [0.15, 0.2) is 5.71 Å². The predicted octanol–water partition coefficient (Wildman–Crippen LogP) is 9.40. The minimum atomic E-state index is -0.599. The predicted molar refractivity (Wildman–Crippen MR) is 154 cm³/mol. The molecule has 1 aromatic carbocycles. The summed E-state index contributed by atoms with van der Waals surface area (Å²) in [6, 6.07) is 3.75. The highest BCUT2D eigenvalue weighted by Gasteiger charge is 2.22. The minimum absolute atomic E-state index is 0.0647. The lowest BCUT2D eigenvalue weighted by molar-refractivity contribution is -0.127. The van der Waals surface area contributed by atoms with Gasteiger partial charge in [0.2, 0.25) is 0 Å². The molecule has 1 aromatic rings. The molecule has 196 valence electrons. The Morgan fingerprint density at radius 1 is 1.17 bits per heavy atom. The van der Waals surface area contributed by atoms with Crippen LogP contribution in [0.5, 0.6) is 5.75 Å². The number of hydrogen-bond donors (Lipinski definition) is 1. The van der Waals surface area contributed by atoms with E-state index in [0.29, 0.717) is 18.1 Å². The van der Waals surface area contributed by atoms with Crippen molar-refractivity contribution in [2.75, 3.05) is 0 Å². The van der Waals surface area contributed by atoms with E-state index in [0.717, 1.165) is 48.1 Å². The van der Waals surface area contributed by atoms with Gasteiger partial charge in [0, 0.05) is 11.7 Å². The molecule has 0 radical (unpaired) electrons. The SMILES string of the molecule is C=Cc1c(C)ccc(OC(=O)/C(CCCCCCC)=N/O)c1SC(C=CC/C=C\C)C(C)C.CC. The smallest absolute Gasteiger partial charge is 0.361 e. The molecule has 1 atom stereocenters. The van der Waals surface area contributed by atoms with Crippen LogP contribution in [0.4, 0.5) is 0 Å². The molecule has 0 heterocycles. The number of oxime groups is 1. The Balaban J connectivity index is 0.00000562. The summed E-state index contributed by atoms with van der Waals surface area (Å²) in [5.74, 6) is 0.264. The maximum Gasteiger partial charge on any atom is 0.361 e. The van der Waals surface area contributed by atoms with Crippen LogP contribution in [0.15, 0.2) is 53.1 Å². The summed E-state index contributed by atoms with van der Waals surface area (Å²) in [5, 5.41) is 12.8. The van der Waals surface area contributed by atoms with E-state index in [9.17, 15) is 10.0 Å². The van der Waals surface area contributed by atoms with Gasteiger partial charge in [-0.05, 0) is 49.8 Å². The molecule has 0 amide bonds. The Labute approximate surface area is 218 Å². The first-order valence-electron chi connectivity index (χ1n) is 13.0. The topological polar surface area (TPSA) is 58.9 Å². The van der Waals surface area contributed by atoms with E-state index in [-0.39, 0.29) is 11.0 Å². The van der Waals surface area contributed by atoms with Crippen molar-refractivity contribution in [2.45, 2.75) is 104 Å². The maximum atomic E-state index is 12.8. The van der Waals surface area contributed by atoms with Crippen LogP contribution in [0.25, 0.3) is 6.08 Å². The molecule has 0 aromatic heterocycles. The van der Waals surface area contributed by atoms with E-state index in [1.54, 1.807) is 11.8 Å². The molecule has 0 bridgehead atoms. The summed E-state index contributed by atoms with van der Waals surface area (Å²) in [6.45, 7) is 18.5. The summed E-state index contributed by atoms with van der Waals surface area (Å²) < 4.78 is 5.76. The molecule has 1 unspecified atom stereocenters. The van der Waals surface area contributed by atoms with Crippen molar-refractivity contribution in [3.05, 3.63) is 54.1 Å². The van der Waals surface area contributed by atoms with Crippen molar-refractivity contribution in [1.82, 2.24) is 0 Å². The fourth-order valence-electron chi connectivity index (χ4n) is 3.34. The molecule has 0 aliphatic rings. The fourth-order valence-corrected chi connectivity index (χ4v) is 4.67. The lowest BCUT2D eigenvalue weighted by atomic mass is 10.1. The van der Waals surface area contributed by atoms with Crippen molar-refractivity contribution in [1.29, 1.82) is 0 Å². The van der Waals surface area contributed by atoms with E-state index < -0.39 is 5.97 Å². The van der Waals surface area contributed by atoms with Gasteiger partial charge in [-0.3, -0.25) is 0 Å². The van der Waals surface area contributed by atoms with Gasteiger partial charge in [0.25, 0.3) is 0 Å². The Kier molecular flexibility index (Phi) is 18.7. The molecular formula is C30H47NO3S. The number of benzene rings is 1. The number of carbonyl (C=O) groups excluding carboxylic acids is 1. The summed E-state index contributed by atoms with van der Waals surface area (Å²) >= 11 is 1.67. The summed E-state index contributed by atoms with van der Waals surface area (Å²) in [4.78, 5) is 13.7. The van der Waals surface area contributed by atoms with E-state index in [2.05, 4.69) is 50.7 Å². The normalized spacial score (nSPS) is 12.6. The Morgan fingerprint density at radius 3 is 2.43 bits per heavy atom. The standard InChI is InChI=1S/C28H41NO3S.C2H6/c1-7-10-12-14-15-17-24(29-31)28(30)32-25-20-19-22(6)23(9-3)27(25)33-26(21(4)5)18-16-13-11-8-2;1-2/h8-9,11,16,18-21,26,31H,3,7,10,12-15,17H2,1-2,4-6H3;1-2H3/b11-8-,18-16?,29-24+;. The summed E-state index contributed by atoms with van der Waals surface area (Å²) in [7, 11) is 0. The van der Waals surface area contributed by atoms with Crippen molar-refractivity contribution in [2.24, 2.45) is 11.1 Å². The number of hydrogen-bond acceptors (Lipinski definition) is 5. The largest absolute Gasteiger partial charge is 0.421 e. The van der Waals surface area contributed by atoms with Crippen LogP contribution in [0.2, 0.25) is 0 Å². The van der Waals surface area contributed by atoms with Gasteiger partial charge in [-0.2, -0.15) is 0 Å². The lowest BCUT2D eigenvalue weighted by Gasteiger charge is -2.21. The number of unbranched alkanes of at least 4 members (excludes halogenated alkanes) is 4. The van der Waals surface area contributed by atoms with E-state index in [4.69, 9.17) is 4.74 Å². The van der Waals surface area contributed by atoms with Gasteiger partial charge in [0.1, 0.15) is 5.75 Å². The minimum Gasteiger partial charge on any atom is -0.421 e. The van der Waals surface area contributed by atoms with Crippen LogP contribution in [0.1, 0.15) is 97.6 Å². The molecule has 0 aliphatic heterocycles. The molecule has 0 saturated carbocycles. The number of ether oxygens (including phenoxy) is 1. The third-order valence-electron chi connectivity index (χ3n) is 5.40. The zero-order valence-corrected chi connectivity index (χ0v) is 23.8. The monoisotopic (exact) mass is 501 g/mol. The molecule has 0 aliphatic carbocycles. The Bertz CT molecular complexity index is 840. The molecule has 4 nitrogen and oxygen atoms in total. The zero-order valence-electron chi connectivity index (χ0n) is 23.0. The molecule has 0 spiro atoms. The van der Waals surface area contributed by atoms with Crippen LogP contribution in [-0.2, 0) is 4.79 Å². The van der Waals surface area contributed by atoms with Gasteiger partial charge < -0.3 is 9.94 Å². The second-order valence-corrected chi connectivity index (χ2v) is 9.68. The molecule has 0 fully saturated rings. The summed E-state index contributed by atoms with van der Waals surface area (Å²) in [6.07, 6.45) is 16.9. The number of carbonyl (C=O) groups is 1. The first kappa shape index (κ1) is 32.7. The highest BCUT2D eigenvalue weighted by molar-refractivity contribution is 8.00. The van der Waals surface area contributed by atoms with Crippen molar-refractivity contribution in [3.8, 4) is 5.75 Å². The summed E-state index contributed by atoms with van der Waals surface area (Å²) in [5.41, 5.74) is 2.09. The first-order chi connectivity index (χ1) is 16.9. The Hall–Kier alpha value is -2.27. The van der Waals surface area contributed by atoms with Crippen LogP contribution in [0.3, 0.4) is 0 Å². The molecule has 1 rings (SSSR count). The van der Waals surface area contributed by atoms with Crippen LogP contribution in [-0.4, -0.2) is 22.1 Å². The van der Waals surface area contributed by atoms with Gasteiger partial charge in [-0.25, -0.2) is 4.79 Å². The molecule has 35 heavy (non-hydrogen) atoms. The quantitative estimate of drug-likeness (QED) is 0.0380. The van der Waals surface area contributed by atoms with Crippen molar-refractivity contribution in [3.63, 3.8) is 0 Å². The molecule has 0 saturated heterocycles. The number of rotatable bonds is 15. The molecule has 1 N–H and O–H groups in total. The Morgan fingerprint density at radius 2 is 1.86 bits per heavy atom. The third-order valence-corrected chi connectivity index (χ3v) is 7.03. The van der Waals surface area contributed by atoms with E-state index >= 15 is 0 Å². The van der Waals surface area contributed by atoms with Gasteiger partial charge >= 0.3 is 5.97 Å². The van der Waals surface area contributed by atoms with Crippen LogP contribution < -0.4 is 4.74 Å². The highest BCUT2D eigenvalue weighted by Crippen LogP contribution is 2.40. The van der Waals surface area contributed by atoms with Gasteiger partial charge in [0.05, 0.1) is 4.90 Å². The second kappa shape index (κ2) is 20.0. The maximum absolute atomic E-state index is 12.8. The highest BCUT2D eigenvalue weighted by atomic mass is 32.2. The number of thioether (sulfide) groups is 1. The second-order valence-electron chi connectivity index (χ2n) is 8.49. The lowest BCUT2D eigenvalue weighted by Crippen LogP contribution is -2.21. The van der Waals surface area contributed by atoms with Crippen molar-refractivity contribution >= 4 is 29.5 Å². The first-order valence-corrected chi connectivity index (χ1v) is 13.9. The van der Waals surface area contributed by atoms with E-state index in [1.807, 2.05) is 52.0 Å². The number of aryl methyl sites for hydroxylation is 1. The van der Waals surface area contributed by atoms with Gasteiger partial charge in [-0.1, -0.05) is 108 Å². The van der Waals surface area contributed by atoms with Crippen LogP contribution >= 0.6 is 11.8 Å². The van der Waals surface area contributed by atoms with Crippen LogP contribution in [0, 0.1) is 12.8 Å². The molecule has 5 heteroatoms. The van der Waals surface area contributed by atoms with E-state index in [1.165, 1.54) is 6.42 Å². The fraction of sp³-hybridized carbons (Fsp3) is 0.533.